The Bertz CT molecular complexity index is 199. The van der Waals surface area contributed by atoms with Gasteiger partial charge in [0.05, 0.1) is 6.54 Å². The van der Waals surface area contributed by atoms with E-state index in [0.29, 0.717) is 0 Å². The lowest BCUT2D eigenvalue weighted by Crippen LogP contribution is -2.26. The Morgan fingerprint density at radius 2 is 1.32 bits per heavy atom. The molecule has 0 saturated heterocycles. The number of carboxylic acid groups (broad SMARTS) is 1. The number of rotatable bonds is 15. The molecule has 0 amide bonds. The van der Waals surface area contributed by atoms with Crippen LogP contribution in [0.4, 0.5) is 0 Å². The predicted octanol–water partition coefficient (Wildman–Crippen LogP) is 2.78. The molecule has 0 aliphatic carbocycles. The third kappa shape index (κ3) is 17.4. The van der Waals surface area contributed by atoms with Crippen LogP contribution in [-0.4, -0.2) is 37.3 Å². The van der Waals surface area contributed by atoms with Crippen LogP contribution in [0, 0.1) is 0 Å². The van der Waals surface area contributed by atoms with Crippen LogP contribution in [-0.2, 0) is 4.79 Å². The smallest absolute Gasteiger partial charge is 0.317 e. The molecule has 19 heavy (non-hydrogen) atoms. The van der Waals surface area contributed by atoms with Gasteiger partial charge in [-0.1, -0.05) is 51.9 Å². The highest BCUT2D eigenvalue weighted by Crippen LogP contribution is 2.07. The van der Waals surface area contributed by atoms with Gasteiger partial charge in [0, 0.05) is 0 Å². The van der Waals surface area contributed by atoms with Crippen LogP contribution in [0.1, 0.15) is 64.7 Å². The van der Waals surface area contributed by atoms with E-state index in [-0.39, 0.29) is 6.54 Å². The van der Waals surface area contributed by atoms with E-state index in [2.05, 4.69) is 17.6 Å². The molecule has 4 heteroatoms. The quantitative estimate of drug-likeness (QED) is 0.401. The van der Waals surface area contributed by atoms with Gasteiger partial charge in [-0.3, -0.25) is 4.79 Å². The fourth-order valence-corrected chi connectivity index (χ4v) is 2.04. The van der Waals surface area contributed by atoms with E-state index in [0.717, 1.165) is 26.1 Å². The first-order chi connectivity index (χ1) is 9.27. The van der Waals surface area contributed by atoms with Crippen LogP contribution in [0.2, 0.25) is 0 Å². The molecule has 0 aliphatic heterocycles. The zero-order valence-electron chi connectivity index (χ0n) is 12.5. The van der Waals surface area contributed by atoms with Crippen molar-refractivity contribution in [2.24, 2.45) is 0 Å². The Labute approximate surface area is 118 Å². The maximum absolute atomic E-state index is 10.2. The molecule has 0 unspecified atom stereocenters. The summed E-state index contributed by atoms with van der Waals surface area (Å²) in [6.07, 6.45) is 11.8. The topological polar surface area (TPSA) is 61.4 Å². The summed E-state index contributed by atoms with van der Waals surface area (Å²) >= 11 is 0. The van der Waals surface area contributed by atoms with Crippen molar-refractivity contribution in [2.75, 3.05) is 26.2 Å². The van der Waals surface area contributed by atoms with Crippen LogP contribution < -0.4 is 10.6 Å². The molecule has 0 saturated carbocycles. The van der Waals surface area contributed by atoms with E-state index in [4.69, 9.17) is 5.11 Å². The fraction of sp³-hybridized carbons (Fsp3) is 0.933. The SMILES string of the molecule is CCCCCCCCCCNCCCNCC(=O)O. The van der Waals surface area contributed by atoms with Crippen LogP contribution in [0.15, 0.2) is 0 Å². The molecule has 0 aliphatic rings. The van der Waals surface area contributed by atoms with Crippen molar-refractivity contribution < 1.29 is 9.90 Å². The first-order valence-corrected chi connectivity index (χ1v) is 7.90. The summed E-state index contributed by atoms with van der Waals surface area (Å²) in [5.74, 6) is -0.785. The number of aliphatic carboxylic acids is 1. The summed E-state index contributed by atoms with van der Waals surface area (Å²) in [4.78, 5) is 10.2. The fourth-order valence-electron chi connectivity index (χ4n) is 2.04. The molecule has 0 fully saturated rings. The Kier molecular flexibility index (Phi) is 15.0. The van der Waals surface area contributed by atoms with Gasteiger partial charge < -0.3 is 15.7 Å². The van der Waals surface area contributed by atoms with E-state index in [1.807, 2.05) is 0 Å². The zero-order valence-corrected chi connectivity index (χ0v) is 12.5. The molecule has 0 aromatic carbocycles. The molecular formula is C15H32N2O2. The molecule has 0 rings (SSSR count). The van der Waals surface area contributed by atoms with Gasteiger partial charge in [-0.15, -0.1) is 0 Å². The number of carboxylic acids is 1. The summed E-state index contributed by atoms with van der Waals surface area (Å²) in [6, 6.07) is 0. The van der Waals surface area contributed by atoms with Gasteiger partial charge in [0.2, 0.25) is 0 Å². The van der Waals surface area contributed by atoms with Crippen molar-refractivity contribution in [1.82, 2.24) is 10.6 Å². The highest BCUT2D eigenvalue weighted by molar-refractivity contribution is 5.68. The van der Waals surface area contributed by atoms with Crippen molar-refractivity contribution in [3.8, 4) is 0 Å². The van der Waals surface area contributed by atoms with E-state index < -0.39 is 5.97 Å². The molecule has 3 N–H and O–H groups in total. The number of carbonyl (C=O) groups is 1. The van der Waals surface area contributed by atoms with Crippen molar-refractivity contribution >= 4 is 5.97 Å². The Morgan fingerprint density at radius 3 is 1.95 bits per heavy atom. The van der Waals surface area contributed by atoms with Gasteiger partial charge in [-0.25, -0.2) is 0 Å². The molecule has 0 aromatic rings. The Hall–Kier alpha value is -0.610. The first-order valence-electron chi connectivity index (χ1n) is 7.90. The number of hydrogen-bond acceptors (Lipinski definition) is 3. The molecule has 0 atom stereocenters. The molecule has 0 bridgehead atoms. The summed E-state index contributed by atoms with van der Waals surface area (Å²) in [5, 5.41) is 14.7. The molecule has 0 heterocycles. The number of nitrogens with one attached hydrogen (secondary N) is 2. The first kappa shape index (κ1) is 18.4. The average molecular weight is 272 g/mol. The third-order valence-electron chi connectivity index (χ3n) is 3.19. The molecule has 114 valence electrons. The van der Waals surface area contributed by atoms with Crippen molar-refractivity contribution in [1.29, 1.82) is 0 Å². The summed E-state index contributed by atoms with van der Waals surface area (Å²) < 4.78 is 0. The summed E-state index contributed by atoms with van der Waals surface area (Å²) in [6.45, 7) is 5.16. The molecule has 0 radical (unpaired) electrons. The third-order valence-corrected chi connectivity index (χ3v) is 3.19. The van der Waals surface area contributed by atoms with Gasteiger partial charge in [0.1, 0.15) is 0 Å². The summed E-state index contributed by atoms with van der Waals surface area (Å²) in [5.41, 5.74) is 0. The minimum Gasteiger partial charge on any atom is -0.480 e. The van der Waals surface area contributed by atoms with Crippen molar-refractivity contribution in [3.63, 3.8) is 0 Å². The van der Waals surface area contributed by atoms with Crippen molar-refractivity contribution in [2.45, 2.75) is 64.7 Å². The Morgan fingerprint density at radius 1 is 0.789 bits per heavy atom. The lowest BCUT2D eigenvalue weighted by atomic mass is 10.1. The highest BCUT2D eigenvalue weighted by Gasteiger charge is 1.94. The Balaban J connectivity index is 2.93. The van der Waals surface area contributed by atoms with E-state index in [1.165, 1.54) is 51.4 Å². The van der Waals surface area contributed by atoms with Crippen LogP contribution >= 0.6 is 0 Å². The largest absolute Gasteiger partial charge is 0.480 e. The second kappa shape index (κ2) is 15.4. The van der Waals surface area contributed by atoms with Gasteiger partial charge in [-0.2, -0.15) is 0 Å². The molecule has 0 aromatic heterocycles. The van der Waals surface area contributed by atoms with Crippen LogP contribution in [0.25, 0.3) is 0 Å². The summed E-state index contributed by atoms with van der Waals surface area (Å²) in [7, 11) is 0. The zero-order chi connectivity index (χ0) is 14.2. The second-order valence-electron chi connectivity index (χ2n) is 5.15. The second-order valence-corrected chi connectivity index (χ2v) is 5.15. The van der Waals surface area contributed by atoms with Gasteiger partial charge >= 0.3 is 5.97 Å². The average Bonchev–Trinajstić information content (AvgIpc) is 2.39. The molecular weight excluding hydrogens is 240 g/mol. The van der Waals surface area contributed by atoms with E-state index in [1.54, 1.807) is 0 Å². The maximum atomic E-state index is 10.2. The normalized spacial score (nSPS) is 10.8. The lowest BCUT2D eigenvalue weighted by Gasteiger charge is -2.05. The van der Waals surface area contributed by atoms with Gasteiger partial charge in [0.15, 0.2) is 0 Å². The standard InChI is InChI=1S/C15H32N2O2/c1-2-3-4-5-6-7-8-9-11-16-12-10-13-17-14-15(18)19/h16-17H,2-14H2,1H3,(H,18,19). The van der Waals surface area contributed by atoms with Crippen LogP contribution in [0.3, 0.4) is 0 Å². The van der Waals surface area contributed by atoms with Gasteiger partial charge in [-0.05, 0) is 32.5 Å². The minimum atomic E-state index is -0.785. The number of hydrogen-bond donors (Lipinski definition) is 3. The minimum absolute atomic E-state index is 0.0675. The van der Waals surface area contributed by atoms with E-state index in [9.17, 15) is 4.79 Å². The van der Waals surface area contributed by atoms with Gasteiger partial charge in [0.25, 0.3) is 0 Å². The van der Waals surface area contributed by atoms with Crippen molar-refractivity contribution in [3.05, 3.63) is 0 Å². The predicted molar refractivity (Wildman–Crippen MR) is 80.6 cm³/mol. The molecule has 4 nitrogen and oxygen atoms in total. The van der Waals surface area contributed by atoms with Crippen LogP contribution in [0.5, 0.6) is 0 Å². The lowest BCUT2D eigenvalue weighted by molar-refractivity contribution is -0.135. The monoisotopic (exact) mass is 272 g/mol. The number of unbranched alkanes of at least 4 members (excludes halogenated alkanes) is 7. The van der Waals surface area contributed by atoms with E-state index >= 15 is 0 Å². The highest BCUT2D eigenvalue weighted by atomic mass is 16.4. The maximum Gasteiger partial charge on any atom is 0.317 e. The molecule has 0 spiro atoms.